The van der Waals surface area contributed by atoms with Crippen molar-refractivity contribution in [1.82, 2.24) is 9.47 Å². The summed E-state index contributed by atoms with van der Waals surface area (Å²) in [5, 5.41) is 10.5. The zero-order valence-electron chi connectivity index (χ0n) is 20.5. The standard InChI is InChI=1S/C28H31FN2O4/c1-19(20-8-10-21(11-9-20)22-12-14-30(4)25(32)16-22)31-15-13-28(35-26(31)33,18-27(2,3)34)23-6-5-7-24(29)17-23/h5-12,14,16-17,19,34H,13,15,18H2,1-4H3/t19-,28?/m0/s1. The lowest BCUT2D eigenvalue weighted by Crippen LogP contribution is -2.51. The molecule has 0 radical (unpaired) electrons. The number of aliphatic hydroxyl groups is 1. The van der Waals surface area contributed by atoms with Crippen molar-refractivity contribution < 1.29 is 19.0 Å². The van der Waals surface area contributed by atoms with Gasteiger partial charge >= 0.3 is 6.09 Å². The van der Waals surface area contributed by atoms with Gasteiger partial charge in [0.15, 0.2) is 0 Å². The van der Waals surface area contributed by atoms with Crippen LogP contribution in [0.2, 0.25) is 0 Å². The Bertz CT molecular complexity index is 1280. The van der Waals surface area contributed by atoms with E-state index in [4.69, 9.17) is 4.74 Å². The molecule has 1 saturated heterocycles. The summed E-state index contributed by atoms with van der Waals surface area (Å²) in [5.74, 6) is -0.416. The molecule has 35 heavy (non-hydrogen) atoms. The first-order valence-corrected chi connectivity index (χ1v) is 11.7. The summed E-state index contributed by atoms with van der Waals surface area (Å²) in [4.78, 5) is 26.8. The predicted molar refractivity (Wildman–Crippen MR) is 132 cm³/mol. The summed E-state index contributed by atoms with van der Waals surface area (Å²) in [7, 11) is 1.71. The fourth-order valence-electron chi connectivity index (χ4n) is 4.78. The van der Waals surface area contributed by atoms with Crippen LogP contribution in [-0.2, 0) is 17.4 Å². The predicted octanol–water partition coefficient (Wildman–Crippen LogP) is 5.15. The van der Waals surface area contributed by atoms with Crippen molar-refractivity contribution in [2.45, 2.75) is 50.9 Å². The van der Waals surface area contributed by atoms with Gasteiger partial charge in [-0.1, -0.05) is 36.4 Å². The maximum Gasteiger partial charge on any atom is 0.411 e. The van der Waals surface area contributed by atoms with Crippen molar-refractivity contribution in [2.24, 2.45) is 7.05 Å². The fourth-order valence-corrected chi connectivity index (χ4v) is 4.78. The second kappa shape index (κ2) is 9.30. The maximum atomic E-state index is 14.0. The molecule has 0 spiro atoms. The first kappa shape index (κ1) is 24.7. The lowest BCUT2D eigenvalue weighted by molar-refractivity contribution is -0.101. The van der Waals surface area contributed by atoms with Crippen LogP contribution >= 0.6 is 0 Å². The van der Waals surface area contributed by atoms with Crippen LogP contribution in [0, 0.1) is 5.82 Å². The molecule has 1 amide bonds. The topological polar surface area (TPSA) is 71.8 Å². The highest BCUT2D eigenvalue weighted by Gasteiger charge is 2.46. The van der Waals surface area contributed by atoms with Gasteiger partial charge in [0.25, 0.3) is 5.56 Å². The zero-order valence-corrected chi connectivity index (χ0v) is 20.5. The van der Waals surface area contributed by atoms with Gasteiger partial charge in [0, 0.05) is 38.7 Å². The number of halogens is 1. The minimum atomic E-state index is -1.12. The maximum absolute atomic E-state index is 14.0. The number of nitrogens with zero attached hydrogens (tertiary/aromatic N) is 2. The smallest absolute Gasteiger partial charge is 0.411 e. The number of hydrogen-bond donors (Lipinski definition) is 1. The third kappa shape index (κ3) is 5.30. The molecule has 1 unspecified atom stereocenters. The average molecular weight is 479 g/mol. The van der Waals surface area contributed by atoms with Gasteiger partial charge in [-0.25, -0.2) is 9.18 Å². The van der Waals surface area contributed by atoms with Gasteiger partial charge in [0.1, 0.15) is 11.4 Å². The fraction of sp³-hybridized carbons (Fsp3) is 0.357. The molecule has 0 aliphatic carbocycles. The van der Waals surface area contributed by atoms with Crippen molar-refractivity contribution in [1.29, 1.82) is 0 Å². The molecule has 2 atom stereocenters. The number of carbonyl (C=O) groups is 1. The van der Waals surface area contributed by atoms with E-state index in [2.05, 4.69) is 0 Å². The lowest BCUT2D eigenvalue weighted by Gasteiger charge is -2.45. The third-order valence-corrected chi connectivity index (χ3v) is 6.64. The first-order valence-electron chi connectivity index (χ1n) is 11.7. The Kier molecular flexibility index (Phi) is 6.56. The number of aryl methyl sites for hydroxylation is 1. The van der Waals surface area contributed by atoms with Crippen LogP contribution in [0.5, 0.6) is 0 Å². The van der Waals surface area contributed by atoms with E-state index in [1.165, 1.54) is 16.7 Å². The van der Waals surface area contributed by atoms with Gasteiger partial charge in [-0.05, 0) is 61.2 Å². The van der Waals surface area contributed by atoms with E-state index in [0.717, 1.165) is 16.7 Å². The van der Waals surface area contributed by atoms with Gasteiger partial charge in [-0.15, -0.1) is 0 Å². The summed E-state index contributed by atoms with van der Waals surface area (Å²) >= 11 is 0. The molecule has 0 saturated carbocycles. The summed E-state index contributed by atoms with van der Waals surface area (Å²) in [6.07, 6.45) is 1.80. The van der Waals surface area contributed by atoms with Crippen molar-refractivity contribution >= 4 is 6.09 Å². The lowest BCUT2D eigenvalue weighted by atomic mass is 9.80. The molecule has 3 aromatic rings. The number of ether oxygens (including phenoxy) is 1. The van der Waals surface area contributed by atoms with E-state index in [-0.39, 0.29) is 18.0 Å². The van der Waals surface area contributed by atoms with Crippen LogP contribution in [0.25, 0.3) is 11.1 Å². The summed E-state index contributed by atoms with van der Waals surface area (Å²) in [6, 6.07) is 17.0. The normalized spacial score (nSPS) is 19.4. The van der Waals surface area contributed by atoms with E-state index in [9.17, 15) is 19.1 Å². The molecule has 1 fully saturated rings. The highest BCUT2D eigenvalue weighted by atomic mass is 19.1. The third-order valence-electron chi connectivity index (χ3n) is 6.64. The molecule has 6 nitrogen and oxygen atoms in total. The molecule has 0 bridgehead atoms. The van der Waals surface area contributed by atoms with E-state index in [0.29, 0.717) is 18.5 Å². The van der Waals surface area contributed by atoms with Crippen LogP contribution in [-0.4, -0.2) is 32.8 Å². The van der Waals surface area contributed by atoms with Gasteiger partial charge in [-0.3, -0.25) is 4.79 Å². The Morgan fingerprint density at radius 1 is 1.09 bits per heavy atom. The highest BCUT2D eigenvalue weighted by molar-refractivity contribution is 5.70. The van der Waals surface area contributed by atoms with Crippen LogP contribution in [0.1, 0.15) is 50.8 Å². The molecule has 1 aromatic heterocycles. The number of cyclic esters (lactones) is 1. The van der Waals surface area contributed by atoms with Crippen LogP contribution < -0.4 is 5.56 Å². The minimum absolute atomic E-state index is 0.0798. The first-order chi connectivity index (χ1) is 16.5. The molecule has 2 aromatic carbocycles. The monoisotopic (exact) mass is 478 g/mol. The molecule has 1 N–H and O–H groups in total. The Balaban J connectivity index is 1.55. The number of rotatable bonds is 6. The number of aromatic nitrogens is 1. The van der Waals surface area contributed by atoms with E-state index >= 15 is 0 Å². The molecule has 4 rings (SSSR count). The number of amides is 1. The molecule has 1 aliphatic rings. The molecule has 184 valence electrons. The Hall–Kier alpha value is -3.45. The second-order valence-corrected chi connectivity index (χ2v) is 9.97. The van der Waals surface area contributed by atoms with E-state index < -0.39 is 23.1 Å². The molecule has 2 heterocycles. The van der Waals surface area contributed by atoms with Crippen LogP contribution in [0.15, 0.2) is 71.7 Å². The van der Waals surface area contributed by atoms with Gasteiger partial charge < -0.3 is 19.3 Å². The van der Waals surface area contributed by atoms with Crippen molar-refractivity contribution in [3.8, 4) is 11.1 Å². The number of hydrogen-bond acceptors (Lipinski definition) is 4. The van der Waals surface area contributed by atoms with Crippen molar-refractivity contribution in [2.75, 3.05) is 6.54 Å². The molecular formula is C28H31FN2O4. The second-order valence-electron chi connectivity index (χ2n) is 9.97. The Morgan fingerprint density at radius 3 is 2.40 bits per heavy atom. The van der Waals surface area contributed by atoms with E-state index in [1.54, 1.807) is 50.2 Å². The zero-order chi connectivity index (χ0) is 25.4. The molecule has 7 heteroatoms. The largest absolute Gasteiger partial charge is 0.438 e. The van der Waals surface area contributed by atoms with Gasteiger partial charge in [-0.2, -0.15) is 0 Å². The van der Waals surface area contributed by atoms with E-state index in [1.807, 2.05) is 37.3 Å². The molecular weight excluding hydrogens is 447 g/mol. The van der Waals surface area contributed by atoms with Crippen molar-refractivity contribution in [3.63, 3.8) is 0 Å². The molecule has 1 aliphatic heterocycles. The van der Waals surface area contributed by atoms with Crippen LogP contribution in [0.3, 0.4) is 0 Å². The van der Waals surface area contributed by atoms with Gasteiger partial charge in [0.05, 0.1) is 11.6 Å². The number of carbonyl (C=O) groups excluding carboxylic acids is 1. The van der Waals surface area contributed by atoms with Crippen LogP contribution in [0.4, 0.5) is 9.18 Å². The quantitative estimate of drug-likeness (QED) is 0.532. The Labute approximate surface area is 204 Å². The average Bonchev–Trinajstić information content (AvgIpc) is 2.80. The summed E-state index contributed by atoms with van der Waals surface area (Å²) < 4.78 is 21.5. The SMILES string of the molecule is C[C@@H](c1ccc(-c2ccn(C)c(=O)c2)cc1)N1CCC(CC(C)(C)O)(c2cccc(F)c2)OC1=O. The summed E-state index contributed by atoms with van der Waals surface area (Å²) in [5.41, 5.74) is 0.898. The Morgan fingerprint density at radius 2 is 1.80 bits per heavy atom. The number of benzene rings is 2. The highest BCUT2D eigenvalue weighted by Crippen LogP contribution is 2.42. The minimum Gasteiger partial charge on any atom is -0.438 e. The summed E-state index contributed by atoms with van der Waals surface area (Å²) in [6.45, 7) is 5.63. The number of pyridine rings is 1. The van der Waals surface area contributed by atoms with Gasteiger partial charge in [0.2, 0.25) is 0 Å². The van der Waals surface area contributed by atoms with Crippen molar-refractivity contribution in [3.05, 3.63) is 94.2 Å².